The van der Waals surface area contributed by atoms with Crippen LogP contribution in [0, 0.1) is 0 Å². The Balaban J connectivity index is 1.16. The van der Waals surface area contributed by atoms with Crippen molar-refractivity contribution in [2.45, 2.75) is 74.4 Å². The van der Waals surface area contributed by atoms with E-state index in [0.717, 1.165) is 55.3 Å². The highest BCUT2D eigenvalue weighted by Gasteiger charge is 2.58. The number of hydrogen-bond acceptors (Lipinski definition) is 9. The number of rotatable bonds is 16. The van der Waals surface area contributed by atoms with E-state index in [4.69, 9.17) is 33.2 Å². The van der Waals surface area contributed by atoms with Gasteiger partial charge in [-0.2, -0.15) is 0 Å². The molecule has 0 saturated carbocycles. The van der Waals surface area contributed by atoms with Gasteiger partial charge in [0.05, 0.1) is 45.2 Å². The Bertz CT molecular complexity index is 2350. The van der Waals surface area contributed by atoms with Crippen LogP contribution in [0.4, 0.5) is 4.39 Å². The van der Waals surface area contributed by atoms with Crippen molar-refractivity contribution in [3.63, 3.8) is 0 Å². The Morgan fingerprint density at radius 3 is 1.97 bits per heavy atom. The van der Waals surface area contributed by atoms with Gasteiger partial charge in [0.15, 0.2) is 6.17 Å². The molecule has 0 aromatic heterocycles. The number of benzene rings is 6. The molecular weight excluding hydrogens is 792 g/mol. The molecule has 6 aromatic rings. The first-order valence-corrected chi connectivity index (χ1v) is 21.8. The monoisotopic (exact) mass is 840 g/mol. The van der Waals surface area contributed by atoms with Gasteiger partial charge in [0, 0.05) is 29.1 Å². The summed E-state index contributed by atoms with van der Waals surface area (Å²) >= 11 is 1.77. The molecule has 61 heavy (non-hydrogen) atoms. The third-order valence-electron chi connectivity index (χ3n) is 11.2. The van der Waals surface area contributed by atoms with Gasteiger partial charge in [-0.15, -0.1) is 11.8 Å². The van der Waals surface area contributed by atoms with E-state index in [2.05, 4.69) is 12.1 Å². The van der Waals surface area contributed by atoms with Crippen LogP contribution in [0.1, 0.15) is 44.5 Å². The number of fused-ring (bicyclic) bond motifs is 2. The molecule has 0 radical (unpaired) electrons. The predicted octanol–water partition coefficient (Wildman–Crippen LogP) is 9.55. The molecule has 3 aliphatic heterocycles. The molecule has 0 amide bonds. The van der Waals surface area contributed by atoms with Gasteiger partial charge >= 0.3 is 0 Å². The summed E-state index contributed by atoms with van der Waals surface area (Å²) in [5.74, 6) is 0.571. The second-order valence-corrected chi connectivity index (χ2v) is 16.7. The molecule has 10 heteroatoms. The molecule has 5 atom stereocenters. The summed E-state index contributed by atoms with van der Waals surface area (Å²) in [5.41, 5.74) is 6.55. The first-order chi connectivity index (χ1) is 30.0. The maximum absolute atomic E-state index is 17.4. The van der Waals surface area contributed by atoms with Crippen LogP contribution in [-0.4, -0.2) is 55.2 Å². The summed E-state index contributed by atoms with van der Waals surface area (Å²) in [6.07, 6.45) is -4.64. The van der Waals surface area contributed by atoms with E-state index in [1.165, 1.54) is 0 Å². The van der Waals surface area contributed by atoms with Crippen molar-refractivity contribution >= 4 is 11.8 Å². The van der Waals surface area contributed by atoms with Crippen LogP contribution in [-0.2, 0) is 64.0 Å². The molecule has 1 N–H and O–H groups in total. The molecule has 0 bridgehead atoms. The van der Waals surface area contributed by atoms with E-state index >= 15 is 4.39 Å². The van der Waals surface area contributed by atoms with Gasteiger partial charge in [-0.1, -0.05) is 127 Å². The number of halogens is 1. The lowest BCUT2D eigenvalue weighted by molar-refractivity contribution is -0.367. The number of hydrogen-bond donors (Lipinski definition) is 1. The predicted molar refractivity (Wildman–Crippen MR) is 232 cm³/mol. The van der Waals surface area contributed by atoms with Crippen LogP contribution in [0.2, 0.25) is 0 Å². The molecule has 1 unspecified atom stereocenters. The molecule has 1 fully saturated rings. The van der Waals surface area contributed by atoms with Crippen molar-refractivity contribution in [1.29, 1.82) is 0 Å². The highest BCUT2D eigenvalue weighted by molar-refractivity contribution is 7.99. The largest absolute Gasteiger partial charge is 0.493 e. The summed E-state index contributed by atoms with van der Waals surface area (Å²) in [4.78, 5) is 1.08. The quantitative estimate of drug-likeness (QED) is 0.103. The number of aliphatic hydroxyl groups is 1. The standard InChI is InChI=1S/C51H49FO8S/c52-46-44(34-54-30-35-13-5-1-6-14-35)60-51(53,50(59-33-38-19-11-4-12-20-38)49(46)58-32-37-17-9-3-10-18-37)42-29-40(27-39-21-22-43-45(28-39)61-26-25-55-43)47-41(23-24-56-47)48(42)57-31-36-15-7-2-8-16-36/h1-22,28-29,44,46,49-50,53H,23-27,30-34H2/t44-,46-,49+,50-,51?/m1/s1. The second-order valence-electron chi connectivity index (χ2n) is 15.5. The Kier molecular flexibility index (Phi) is 13.0. The van der Waals surface area contributed by atoms with Crippen LogP contribution in [0.25, 0.3) is 0 Å². The minimum atomic E-state index is -2.29. The first kappa shape index (κ1) is 41.2. The summed E-state index contributed by atoms with van der Waals surface area (Å²) in [5, 5.41) is 13.6. The van der Waals surface area contributed by atoms with E-state index in [1.807, 2.05) is 133 Å². The molecule has 1 saturated heterocycles. The van der Waals surface area contributed by atoms with Gasteiger partial charge < -0.3 is 38.3 Å². The zero-order valence-corrected chi connectivity index (χ0v) is 34.6. The average Bonchev–Trinajstić information content (AvgIpc) is 3.81. The van der Waals surface area contributed by atoms with Gasteiger partial charge in [-0.3, -0.25) is 0 Å². The van der Waals surface area contributed by atoms with Crippen molar-refractivity contribution in [1.82, 2.24) is 0 Å². The van der Waals surface area contributed by atoms with Gasteiger partial charge in [-0.05, 0) is 51.6 Å². The smallest absolute Gasteiger partial charge is 0.226 e. The van der Waals surface area contributed by atoms with Crippen LogP contribution < -0.4 is 14.2 Å². The van der Waals surface area contributed by atoms with Gasteiger partial charge in [0.2, 0.25) is 5.79 Å². The minimum Gasteiger partial charge on any atom is -0.493 e. The van der Waals surface area contributed by atoms with Crippen molar-refractivity contribution in [2.24, 2.45) is 0 Å². The third-order valence-corrected chi connectivity index (χ3v) is 12.3. The highest BCUT2D eigenvalue weighted by atomic mass is 32.2. The number of thioether (sulfide) groups is 1. The molecule has 314 valence electrons. The molecule has 8 nitrogen and oxygen atoms in total. The minimum absolute atomic E-state index is 0.0558. The fourth-order valence-electron chi connectivity index (χ4n) is 8.22. The molecule has 3 aliphatic rings. The van der Waals surface area contributed by atoms with E-state index in [0.29, 0.717) is 43.1 Å². The summed E-state index contributed by atoms with van der Waals surface area (Å²) in [6, 6.07) is 46.8. The molecule has 0 aliphatic carbocycles. The molecule has 3 heterocycles. The van der Waals surface area contributed by atoms with E-state index in [-0.39, 0.29) is 33.0 Å². The molecule has 0 spiro atoms. The van der Waals surface area contributed by atoms with Crippen molar-refractivity contribution in [2.75, 3.05) is 25.6 Å². The van der Waals surface area contributed by atoms with E-state index in [1.54, 1.807) is 11.8 Å². The van der Waals surface area contributed by atoms with Gasteiger partial charge in [0.25, 0.3) is 0 Å². The summed E-state index contributed by atoms with van der Waals surface area (Å²) in [6.45, 7) is 1.50. The second kappa shape index (κ2) is 19.2. The van der Waals surface area contributed by atoms with Crippen molar-refractivity contribution in [3.05, 3.63) is 190 Å². The van der Waals surface area contributed by atoms with Crippen molar-refractivity contribution < 1.29 is 42.7 Å². The van der Waals surface area contributed by atoms with Crippen LogP contribution in [0.3, 0.4) is 0 Å². The fourth-order valence-corrected chi connectivity index (χ4v) is 9.11. The Hall–Kier alpha value is -5.20. The zero-order valence-electron chi connectivity index (χ0n) is 33.8. The fraction of sp³-hybridized carbons (Fsp3) is 0.294. The normalized spacial score (nSPS) is 21.8. The number of ether oxygens (including phenoxy) is 7. The van der Waals surface area contributed by atoms with E-state index in [9.17, 15) is 5.11 Å². The average molecular weight is 841 g/mol. The third kappa shape index (κ3) is 9.50. The Morgan fingerprint density at radius 2 is 1.30 bits per heavy atom. The van der Waals surface area contributed by atoms with Gasteiger partial charge in [-0.25, -0.2) is 4.39 Å². The maximum atomic E-state index is 17.4. The van der Waals surface area contributed by atoms with E-state index < -0.39 is 30.3 Å². The maximum Gasteiger partial charge on any atom is 0.226 e. The SMILES string of the molecule is OC1(c2cc(Cc3ccc4c(c3)SCCO4)c3c(c2OCc2ccccc2)CCO3)O[C@H](COCc2ccccc2)[C@@H](F)[C@H](OCc2ccccc2)[C@H]1OCc1ccccc1. The summed E-state index contributed by atoms with van der Waals surface area (Å²) < 4.78 is 62.6. The Morgan fingerprint density at radius 1 is 0.672 bits per heavy atom. The van der Waals surface area contributed by atoms with Crippen LogP contribution in [0.5, 0.6) is 17.2 Å². The van der Waals surface area contributed by atoms with Crippen LogP contribution in [0.15, 0.2) is 150 Å². The molecule has 6 aromatic carbocycles. The summed E-state index contributed by atoms with van der Waals surface area (Å²) in [7, 11) is 0. The zero-order chi connectivity index (χ0) is 41.4. The number of alkyl halides is 1. The van der Waals surface area contributed by atoms with Gasteiger partial charge in [0.1, 0.15) is 42.2 Å². The lowest BCUT2D eigenvalue weighted by Crippen LogP contribution is -2.64. The van der Waals surface area contributed by atoms with Crippen LogP contribution >= 0.6 is 11.8 Å². The Labute approximate surface area is 360 Å². The highest BCUT2D eigenvalue weighted by Crippen LogP contribution is 2.50. The van der Waals surface area contributed by atoms with Crippen molar-refractivity contribution in [3.8, 4) is 17.2 Å². The topological polar surface area (TPSA) is 84.8 Å². The lowest BCUT2D eigenvalue weighted by Gasteiger charge is -2.48. The first-order valence-electron chi connectivity index (χ1n) is 20.9. The lowest BCUT2D eigenvalue weighted by atomic mass is 9.85. The molecular formula is C51H49FO8S. The molecule has 9 rings (SSSR count).